The number of aliphatic carboxylic acids is 2. The number of carbonyl (C=O) groups excluding carboxylic acids is 2. The van der Waals surface area contributed by atoms with Crippen molar-refractivity contribution in [1.82, 2.24) is 0 Å². The van der Waals surface area contributed by atoms with Crippen LogP contribution >= 0.6 is 0 Å². The van der Waals surface area contributed by atoms with Crippen molar-refractivity contribution < 1.29 is 38.9 Å². The summed E-state index contributed by atoms with van der Waals surface area (Å²) < 4.78 is 11.4. The molecule has 0 aliphatic carbocycles. The predicted octanol–water partition coefficient (Wildman–Crippen LogP) is 13.7. The lowest BCUT2D eigenvalue weighted by Crippen LogP contribution is -2.52. The maximum Gasteiger partial charge on any atom is 0.317 e. The van der Waals surface area contributed by atoms with E-state index >= 15 is 0 Å². The van der Waals surface area contributed by atoms with E-state index in [9.17, 15) is 29.4 Å². The summed E-state index contributed by atoms with van der Waals surface area (Å²) in [6, 6.07) is 0. The topological polar surface area (TPSA) is 127 Å². The zero-order valence-electron chi connectivity index (χ0n) is 35.7. The lowest BCUT2D eigenvalue weighted by atomic mass is 9.73. The van der Waals surface area contributed by atoms with Gasteiger partial charge in [0.15, 0.2) is 0 Å². The van der Waals surface area contributed by atoms with Gasteiger partial charge in [-0.15, -0.1) is 0 Å². The largest absolute Gasteiger partial charge is 0.481 e. The Morgan fingerprint density at radius 2 is 0.667 bits per heavy atom. The summed E-state index contributed by atoms with van der Waals surface area (Å²) in [5.41, 5.74) is -1.75. The van der Waals surface area contributed by atoms with Crippen LogP contribution in [0.5, 0.6) is 0 Å². The minimum Gasteiger partial charge on any atom is -0.481 e. The van der Waals surface area contributed by atoms with Crippen molar-refractivity contribution in [2.75, 3.05) is 0 Å². The minimum absolute atomic E-state index is 0.0590. The molecule has 318 valence electrons. The first-order valence-corrected chi connectivity index (χ1v) is 23.0. The highest BCUT2D eigenvalue weighted by Gasteiger charge is 2.52. The first-order valence-electron chi connectivity index (χ1n) is 23.0. The molecule has 0 heterocycles. The number of carbonyl (C=O) groups is 4. The van der Waals surface area contributed by atoms with Gasteiger partial charge < -0.3 is 19.7 Å². The van der Waals surface area contributed by atoms with E-state index in [0.29, 0.717) is 12.8 Å². The van der Waals surface area contributed by atoms with Gasteiger partial charge in [0, 0.05) is 19.3 Å². The second-order valence-electron chi connectivity index (χ2n) is 16.3. The molecule has 0 aromatic heterocycles. The van der Waals surface area contributed by atoms with Crippen molar-refractivity contribution >= 4 is 23.9 Å². The van der Waals surface area contributed by atoms with Gasteiger partial charge in [-0.1, -0.05) is 194 Å². The minimum atomic E-state index is -1.75. The van der Waals surface area contributed by atoms with Gasteiger partial charge in [0.25, 0.3) is 0 Å². The normalized spacial score (nSPS) is 13.6. The number of hydrogen-bond acceptors (Lipinski definition) is 6. The Labute approximate surface area is 332 Å². The summed E-state index contributed by atoms with van der Waals surface area (Å²) in [6.45, 7) is 7.56. The summed E-state index contributed by atoms with van der Waals surface area (Å²) in [5.74, 6) is -3.24. The van der Waals surface area contributed by atoms with Gasteiger partial charge in [-0.05, 0) is 39.5 Å². The van der Waals surface area contributed by atoms with Gasteiger partial charge in [0.05, 0.1) is 0 Å². The summed E-state index contributed by atoms with van der Waals surface area (Å²) in [4.78, 5) is 49.8. The lowest BCUT2D eigenvalue weighted by Gasteiger charge is -2.39. The van der Waals surface area contributed by atoms with Crippen LogP contribution in [-0.4, -0.2) is 46.3 Å². The lowest BCUT2D eigenvalue weighted by molar-refractivity contribution is -0.187. The molecule has 0 aromatic rings. The molecule has 2 atom stereocenters. The summed E-state index contributed by atoms with van der Waals surface area (Å²) in [6.07, 6.45) is 34.7. The van der Waals surface area contributed by atoms with Crippen LogP contribution in [0.4, 0.5) is 0 Å². The maximum atomic E-state index is 12.8. The molecule has 54 heavy (non-hydrogen) atoms. The summed E-state index contributed by atoms with van der Waals surface area (Å²) in [7, 11) is 0. The zero-order valence-corrected chi connectivity index (χ0v) is 35.7. The Kier molecular flexibility index (Phi) is 35.1. The molecule has 0 fully saturated rings. The number of carboxylic acid groups (broad SMARTS) is 2. The van der Waals surface area contributed by atoms with E-state index in [1.165, 1.54) is 155 Å². The molecule has 0 spiro atoms. The SMILES string of the molecule is CCCCCCCCCCCCCCCCCC(=O)OC(C)C(CCCC(=O)O)(C(=O)O)C(C)OC(=O)CCCCCCCCCCCCCCCCC. The van der Waals surface area contributed by atoms with Crippen molar-refractivity contribution in [2.24, 2.45) is 5.41 Å². The van der Waals surface area contributed by atoms with E-state index < -0.39 is 41.5 Å². The molecule has 0 amide bonds. The first kappa shape index (κ1) is 51.9. The Hall–Kier alpha value is -2.12. The Morgan fingerprint density at radius 3 is 0.907 bits per heavy atom. The van der Waals surface area contributed by atoms with E-state index in [4.69, 9.17) is 9.47 Å². The van der Waals surface area contributed by atoms with Gasteiger partial charge in [-0.3, -0.25) is 19.2 Å². The van der Waals surface area contributed by atoms with E-state index in [2.05, 4.69) is 13.8 Å². The van der Waals surface area contributed by atoms with Crippen LogP contribution in [0.3, 0.4) is 0 Å². The molecule has 0 saturated heterocycles. The molecule has 2 unspecified atom stereocenters. The zero-order chi connectivity index (χ0) is 40.1. The number of unbranched alkanes of at least 4 members (excludes halogenated alkanes) is 28. The third kappa shape index (κ3) is 28.3. The van der Waals surface area contributed by atoms with Gasteiger partial charge in [0.1, 0.15) is 17.6 Å². The predicted molar refractivity (Wildman–Crippen MR) is 222 cm³/mol. The number of ether oxygens (including phenoxy) is 2. The summed E-state index contributed by atoms with van der Waals surface area (Å²) >= 11 is 0. The fraction of sp³-hybridized carbons (Fsp3) is 0.913. The second kappa shape index (κ2) is 36.5. The van der Waals surface area contributed by atoms with E-state index in [1.54, 1.807) is 0 Å². The fourth-order valence-electron chi connectivity index (χ4n) is 7.73. The van der Waals surface area contributed by atoms with Crippen LogP contribution in [0.15, 0.2) is 0 Å². The number of rotatable bonds is 41. The molecule has 2 N–H and O–H groups in total. The first-order chi connectivity index (χ1) is 26.1. The highest BCUT2D eigenvalue weighted by Crippen LogP contribution is 2.38. The standard InChI is InChI=1S/C46H86O8/c1-5-7-9-11-13-15-17-19-21-23-25-27-29-31-33-37-43(49)53-40(3)46(45(51)52,39-35-36-42(47)48)41(4)54-44(50)38-34-32-30-28-26-24-22-20-18-16-14-12-10-8-6-2/h40-41H,5-39H2,1-4H3,(H,47,48)(H,51,52). The molecular weight excluding hydrogens is 680 g/mol. The molecule has 0 bridgehead atoms. The molecule has 0 rings (SSSR count). The molecule has 0 aliphatic heterocycles. The average Bonchev–Trinajstić information content (AvgIpc) is 3.12. The number of hydrogen-bond donors (Lipinski definition) is 2. The van der Waals surface area contributed by atoms with Crippen LogP contribution < -0.4 is 0 Å². The monoisotopic (exact) mass is 767 g/mol. The fourth-order valence-corrected chi connectivity index (χ4v) is 7.73. The van der Waals surface area contributed by atoms with Gasteiger partial charge in [0.2, 0.25) is 0 Å². The Bertz CT molecular complexity index is 864. The number of esters is 2. The average molecular weight is 767 g/mol. The molecule has 0 radical (unpaired) electrons. The third-order valence-electron chi connectivity index (χ3n) is 11.4. The van der Waals surface area contributed by atoms with Crippen molar-refractivity contribution in [2.45, 2.75) is 265 Å². The molecule has 0 saturated carbocycles. The number of carboxylic acids is 2. The molecule has 8 heteroatoms. The second-order valence-corrected chi connectivity index (χ2v) is 16.3. The third-order valence-corrected chi connectivity index (χ3v) is 11.4. The quantitative estimate of drug-likeness (QED) is 0.0465. The highest BCUT2D eigenvalue weighted by atomic mass is 16.6. The molecule has 0 aliphatic rings. The molecular formula is C46H86O8. The maximum absolute atomic E-state index is 12.8. The smallest absolute Gasteiger partial charge is 0.317 e. The van der Waals surface area contributed by atoms with Gasteiger partial charge in [-0.25, -0.2) is 0 Å². The van der Waals surface area contributed by atoms with E-state index in [1.807, 2.05) is 0 Å². The van der Waals surface area contributed by atoms with Crippen molar-refractivity contribution in [3.05, 3.63) is 0 Å². The van der Waals surface area contributed by atoms with Crippen LogP contribution in [0.2, 0.25) is 0 Å². The van der Waals surface area contributed by atoms with E-state index in [0.717, 1.165) is 38.5 Å². The van der Waals surface area contributed by atoms with Crippen molar-refractivity contribution in [3.8, 4) is 0 Å². The molecule has 0 aromatic carbocycles. The van der Waals surface area contributed by atoms with E-state index in [-0.39, 0.29) is 32.1 Å². The summed E-state index contributed by atoms with van der Waals surface area (Å²) in [5, 5.41) is 19.7. The highest BCUT2D eigenvalue weighted by molar-refractivity contribution is 5.79. The van der Waals surface area contributed by atoms with Crippen LogP contribution in [0.25, 0.3) is 0 Å². The van der Waals surface area contributed by atoms with Crippen LogP contribution in [0.1, 0.15) is 252 Å². The Balaban J connectivity index is 4.50. The van der Waals surface area contributed by atoms with Crippen LogP contribution in [-0.2, 0) is 28.7 Å². The van der Waals surface area contributed by atoms with Crippen LogP contribution in [0, 0.1) is 5.41 Å². The molecule has 8 nitrogen and oxygen atoms in total. The Morgan fingerprint density at radius 1 is 0.407 bits per heavy atom. The van der Waals surface area contributed by atoms with Gasteiger partial charge >= 0.3 is 23.9 Å². The van der Waals surface area contributed by atoms with Gasteiger partial charge in [-0.2, -0.15) is 0 Å². The van der Waals surface area contributed by atoms with Crippen molar-refractivity contribution in [3.63, 3.8) is 0 Å². The van der Waals surface area contributed by atoms with Crippen molar-refractivity contribution in [1.29, 1.82) is 0 Å².